The molecule has 142 valence electrons. The fourth-order valence-corrected chi connectivity index (χ4v) is 4.80. The number of anilines is 1. The van der Waals surface area contributed by atoms with Gasteiger partial charge in [-0.25, -0.2) is 14.5 Å². The van der Waals surface area contributed by atoms with Crippen LogP contribution in [0.5, 0.6) is 0 Å². The molecule has 0 aliphatic carbocycles. The van der Waals surface area contributed by atoms with Crippen LogP contribution in [0.25, 0.3) is 4.85 Å². The molecule has 3 amide bonds. The molecule has 2 saturated heterocycles. The summed E-state index contributed by atoms with van der Waals surface area (Å²) in [6.45, 7) is 9.65. The van der Waals surface area contributed by atoms with E-state index in [1.807, 2.05) is 19.1 Å². The van der Waals surface area contributed by atoms with Crippen molar-refractivity contribution in [2.75, 3.05) is 11.4 Å². The molecule has 4 rings (SSSR count). The summed E-state index contributed by atoms with van der Waals surface area (Å²) in [5, 5.41) is 0.736. The number of carbonyl (C=O) groups excluding carboxylic acids is 2. The molecular formula is C21H17Cl2N3O2. The van der Waals surface area contributed by atoms with E-state index in [1.54, 1.807) is 35.2 Å². The van der Waals surface area contributed by atoms with E-state index < -0.39 is 5.54 Å². The fourth-order valence-electron chi connectivity index (χ4n) is 4.28. The number of urea groups is 1. The van der Waals surface area contributed by atoms with Crippen LogP contribution in [0.15, 0.2) is 42.5 Å². The molecule has 2 aromatic rings. The second kappa shape index (κ2) is 6.80. The molecule has 2 unspecified atom stereocenters. The van der Waals surface area contributed by atoms with E-state index in [2.05, 4.69) is 4.85 Å². The van der Waals surface area contributed by atoms with Crippen molar-refractivity contribution in [1.82, 2.24) is 4.90 Å². The maximum absolute atomic E-state index is 13.5. The topological polar surface area (TPSA) is 45.0 Å². The lowest BCUT2D eigenvalue weighted by atomic mass is 9.85. The first-order valence-electron chi connectivity index (χ1n) is 8.93. The van der Waals surface area contributed by atoms with E-state index in [0.29, 0.717) is 40.8 Å². The Morgan fingerprint density at radius 1 is 1.14 bits per heavy atom. The Kier molecular flexibility index (Phi) is 4.57. The molecule has 2 aliphatic rings. The molecule has 2 aliphatic heterocycles. The molecule has 0 radical (unpaired) electrons. The van der Waals surface area contributed by atoms with Gasteiger partial charge in [-0.15, -0.1) is 0 Å². The van der Waals surface area contributed by atoms with E-state index in [0.717, 1.165) is 5.56 Å². The van der Waals surface area contributed by atoms with Crippen LogP contribution < -0.4 is 4.90 Å². The minimum Gasteiger partial charge on any atom is -0.309 e. The molecule has 2 atom stereocenters. The molecule has 0 spiro atoms. The van der Waals surface area contributed by atoms with Gasteiger partial charge in [-0.05, 0) is 36.1 Å². The maximum atomic E-state index is 13.5. The number of amides is 3. The minimum atomic E-state index is -0.926. The van der Waals surface area contributed by atoms with Crippen molar-refractivity contribution < 1.29 is 9.59 Å². The van der Waals surface area contributed by atoms with Gasteiger partial charge in [0.25, 0.3) is 5.91 Å². The first-order valence-corrected chi connectivity index (χ1v) is 9.68. The van der Waals surface area contributed by atoms with Crippen LogP contribution in [0, 0.1) is 12.5 Å². The highest BCUT2D eigenvalue weighted by atomic mass is 35.5. The average Bonchev–Trinajstić information content (AvgIpc) is 3.07. The largest absolute Gasteiger partial charge is 0.332 e. The fraction of sp³-hybridized carbons (Fsp3) is 0.286. The van der Waals surface area contributed by atoms with Gasteiger partial charge in [0.05, 0.1) is 12.3 Å². The van der Waals surface area contributed by atoms with Gasteiger partial charge in [-0.2, -0.15) is 0 Å². The van der Waals surface area contributed by atoms with Gasteiger partial charge < -0.3 is 4.90 Å². The van der Waals surface area contributed by atoms with Crippen LogP contribution in [-0.2, 0) is 11.2 Å². The predicted octanol–water partition coefficient (Wildman–Crippen LogP) is 5.33. The molecule has 2 aromatic carbocycles. The van der Waals surface area contributed by atoms with Gasteiger partial charge in [0, 0.05) is 23.0 Å². The van der Waals surface area contributed by atoms with E-state index >= 15 is 0 Å². The zero-order valence-corrected chi connectivity index (χ0v) is 16.7. The lowest BCUT2D eigenvalue weighted by molar-refractivity contribution is -0.124. The van der Waals surface area contributed by atoms with Crippen molar-refractivity contribution in [2.24, 2.45) is 5.92 Å². The molecule has 0 N–H and O–H groups in total. The number of rotatable bonds is 3. The monoisotopic (exact) mass is 413 g/mol. The molecule has 2 heterocycles. The van der Waals surface area contributed by atoms with Crippen molar-refractivity contribution >= 4 is 46.5 Å². The smallest absolute Gasteiger partial charge is 0.309 e. The van der Waals surface area contributed by atoms with Crippen LogP contribution in [0.3, 0.4) is 0 Å². The standard InChI is InChI=1S/C21H17Cl2N3O2/c1-13-10-21(11-14-3-5-17(24-2)6-4-14)19(27)26(20(28)25(21)12-13)18-8-15(22)7-16(23)9-18/h3-9,13H,10-12H2,1H3. The summed E-state index contributed by atoms with van der Waals surface area (Å²) in [5.74, 6) is -0.0325. The molecule has 0 aromatic heterocycles. The van der Waals surface area contributed by atoms with Crippen molar-refractivity contribution in [3.63, 3.8) is 0 Å². The summed E-state index contributed by atoms with van der Waals surface area (Å²) in [4.78, 5) is 33.0. The second-order valence-corrected chi connectivity index (χ2v) is 8.33. The van der Waals surface area contributed by atoms with Gasteiger partial charge in [0.15, 0.2) is 5.69 Å². The maximum Gasteiger partial charge on any atom is 0.332 e. The molecule has 28 heavy (non-hydrogen) atoms. The summed E-state index contributed by atoms with van der Waals surface area (Å²) < 4.78 is 0. The third kappa shape index (κ3) is 2.94. The van der Waals surface area contributed by atoms with Gasteiger partial charge in [0.2, 0.25) is 0 Å². The van der Waals surface area contributed by atoms with Crippen LogP contribution in [0.2, 0.25) is 10.0 Å². The van der Waals surface area contributed by atoms with Crippen LogP contribution in [-0.4, -0.2) is 28.9 Å². The number of benzene rings is 2. The Bertz CT molecular complexity index is 995. The highest BCUT2D eigenvalue weighted by molar-refractivity contribution is 6.35. The van der Waals surface area contributed by atoms with E-state index in [4.69, 9.17) is 29.8 Å². The number of imide groups is 1. The van der Waals surface area contributed by atoms with E-state index in [1.165, 1.54) is 4.90 Å². The number of hydrogen-bond acceptors (Lipinski definition) is 2. The van der Waals surface area contributed by atoms with Crippen molar-refractivity contribution in [3.05, 3.63) is 69.5 Å². The predicted molar refractivity (Wildman–Crippen MR) is 109 cm³/mol. The molecular weight excluding hydrogens is 397 g/mol. The third-order valence-corrected chi connectivity index (χ3v) is 5.82. The van der Waals surface area contributed by atoms with Gasteiger partial charge in [-0.3, -0.25) is 4.79 Å². The lowest BCUT2D eigenvalue weighted by Crippen LogP contribution is -2.47. The average molecular weight is 414 g/mol. The summed E-state index contributed by atoms with van der Waals surface area (Å²) in [5.41, 5.74) is 0.920. The number of halogens is 2. The highest BCUT2D eigenvalue weighted by Gasteiger charge is 2.61. The molecule has 0 bridgehead atoms. The Hall–Kier alpha value is -2.55. The highest BCUT2D eigenvalue weighted by Crippen LogP contribution is 2.44. The third-order valence-electron chi connectivity index (χ3n) is 5.39. The zero-order chi connectivity index (χ0) is 20.1. The van der Waals surface area contributed by atoms with Crippen molar-refractivity contribution in [3.8, 4) is 0 Å². The van der Waals surface area contributed by atoms with E-state index in [-0.39, 0.29) is 17.9 Å². The quantitative estimate of drug-likeness (QED) is 0.503. The Morgan fingerprint density at radius 2 is 1.79 bits per heavy atom. The Balaban J connectivity index is 1.74. The summed E-state index contributed by atoms with van der Waals surface area (Å²) >= 11 is 12.2. The number of fused-ring (bicyclic) bond motifs is 1. The first-order chi connectivity index (χ1) is 13.3. The molecule has 0 saturated carbocycles. The van der Waals surface area contributed by atoms with E-state index in [9.17, 15) is 9.59 Å². The van der Waals surface area contributed by atoms with Crippen LogP contribution >= 0.6 is 23.2 Å². The van der Waals surface area contributed by atoms with Gasteiger partial charge >= 0.3 is 6.03 Å². The normalized spacial score (nSPS) is 23.9. The van der Waals surface area contributed by atoms with Crippen molar-refractivity contribution in [1.29, 1.82) is 0 Å². The Labute approximate surface area is 173 Å². The van der Waals surface area contributed by atoms with Crippen LogP contribution in [0.1, 0.15) is 18.9 Å². The first kappa shape index (κ1) is 18.8. The molecule has 7 heteroatoms. The van der Waals surface area contributed by atoms with Gasteiger partial charge in [0.1, 0.15) is 5.54 Å². The Morgan fingerprint density at radius 3 is 2.39 bits per heavy atom. The summed E-state index contributed by atoms with van der Waals surface area (Å²) in [6.07, 6.45) is 0.998. The lowest BCUT2D eigenvalue weighted by Gasteiger charge is -2.28. The number of nitrogens with zero attached hydrogens (tertiary/aromatic N) is 3. The van der Waals surface area contributed by atoms with Crippen molar-refractivity contribution in [2.45, 2.75) is 25.3 Å². The summed E-state index contributed by atoms with van der Waals surface area (Å²) in [6, 6.07) is 11.5. The summed E-state index contributed by atoms with van der Waals surface area (Å²) in [7, 11) is 0. The van der Waals surface area contributed by atoms with Gasteiger partial charge in [-0.1, -0.05) is 54.4 Å². The van der Waals surface area contributed by atoms with Crippen LogP contribution in [0.4, 0.5) is 16.2 Å². The zero-order valence-electron chi connectivity index (χ0n) is 15.2. The minimum absolute atomic E-state index is 0.223. The molecule has 2 fully saturated rings. The number of hydrogen-bond donors (Lipinski definition) is 0. The second-order valence-electron chi connectivity index (χ2n) is 7.46. The number of carbonyl (C=O) groups is 2. The SMILES string of the molecule is [C-]#[N+]c1ccc(CC23CC(C)CN2C(=O)N(c2cc(Cl)cc(Cl)c2)C3=O)cc1. The molecule has 5 nitrogen and oxygen atoms in total.